The number of hydrogen-bond donors (Lipinski definition) is 1. The molecule has 0 aliphatic carbocycles. The Balaban J connectivity index is 0.00000264. The number of hydrogen-bond acceptors (Lipinski definition) is 3. The van der Waals surface area contributed by atoms with Gasteiger partial charge in [-0.1, -0.05) is 0 Å². The second kappa shape index (κ2) is 8.93. The van der Waals surface area contributed by atoms with Crippen molar-refractivity contribution in [1.82, 2.24) is 10.2 Å². The second-order valence-corrected chi connectivity index (χ2v) is 5.49. The average Bonchev–Trinajstić information content (AvgIpc) is 2.52. The molecule has 1 N–H and O–H groups in total. The van der Waals surface area contributed by atoms with E-state index in [1.165, 1.54) is 0 Å². The van der Waals surface area contributed by atoms with Gasteiger partial charge in [0.25, 0.3) is 0 Å². The van der Waals surface area contributed by atoms with E-state index in [1.54, 1.807) is 4.90 Å². The van der Waals surface area contributed by atoms with Crippen molar-refractivity contribution in [3.05, 3.63) is 35.4 Å². The molecule has 1 aliphatic rings. The molecule has 1 aromatic carbocycles. The minimum atomic E-state index is -0.882. The molecule has 23 heavy (non-hydrogen) atoms. The highest BCUT2D eigenvalue weighted by atomic mass is 35.5. The molecule has 1 fully saturated rings. The third-order valence-electron chi connectivity index (χ3n) is 4.05. The lowest BCUT2D eigenvalue weighted by molar-refractivity contribution is -0.132. The Morgan fingerprint density at radius 2 is 1.87 bits per heavy atom. The van der Waals surface area contributed by atoms with Gasteiger partial charge in [0.1, 0.15) is 11.6 Å². The zero-order valence-electron chi connectivity index (χ0n) is 13.0. The molecule has 0 atom stereocenters. The molecule has 2 rings (SSSR count). The molecule has 0 spiro atoms. The molecular formula is C16H21ClF2N2O2. The Morgan fingerprint density at radius 3 is 2.43 bits per heavy atom. The number of nitrogens with zero attached hydrogens (tertiary/aromatic N) is 1. The normalized spacial score (nSPS) is 15.2. The Hall–Kier alpha value is -1.53. The topological polar surface area (TPSA) is 49.4 Å². The largest absolute Gasteiger partial charge is 0.343 e. The molecule has 0 unspecified atom stereocenters. The van der Waals surface area contributed by atoms with Gasteiger partial charge in [0.2, 0.25) is 5.91 Å². The van der Waals surface area contributed by atoms with Crippen LogP contribution in [0.15, 0.2) is 18.2 Å². The number of nitrogens with one attached hydrogen (secondary N) is 1. The number of carbonyl (C=O) groups is 2. The number of carbonyl (C=O) groups excluding carboxylic acids is 2. The predicted molar refractivity (Wildman–Crippen MR) is 85.8 cm³/mol. The maximum atomic E-state index is 13.5. The monoisotopic (exact) mass is 346 g/mol. The van der Waals surface area contributed by atoms with E-state index in [0.717, 1.165) is 25.0 Å². The molecule has 1 aliphatic heterocycles. The van der Waals surface area contributed by atoms with Gasteiger partial charge in [-0.25, -0.2) is 8.78 Å². The zero-order valence-corrected chi connectivity index (χ0v) is 13.8. The van der Waals surface area contributed by atoms with Crippen LogP contribution < -0.4 is 5.32 Å². The second-order valence-electron chi connectivity index (χ2n) is 5.49. The van der Waals surface area contributed by atoms with E-state index in [9.17, 15) is 18.4 Å². The summed E-state index contributed by atoms with van der Waals surface area (Å²) in [5.74, 6) is -2.17. The lowest BCUT2D eigenvalue weighted by Gasteiger charge is -2.31. The fraction of sp³-hybridized carbons (Fsp3) is 0.500. The minimum Gasteiger partial charge on any atom is -0.343 e. The van der Waals surface area contributed by atoms with Crippen LogP contribution in [-0.4, -0.2) is 42.8 Å². The summed E-state index contributed by atoms with van der Waals surface area (Å²) in [7, 11) is 1.90. The van der Waals surface area contributed by atoms with Gasteiger partial charge in [-0.3, -0.25) is 9.59 Å². The van der Waals surface area contributed by atoms with Crippen molar-refractivity contribution in [2.45, 2.75) is 31.7 Å². The number of benzene rings is 1. The Morgan fingerprint density at radius 1 is 1.22 bits per heavy atom. The predicted octanol–water partition coefficient (Wildman–Crippen LogP) is 2.56. The number of piperidine rings is 1. The minimum absolute atomic E-state index is 0. The first kappa shape index (κ1) is 19.5. The van der Waals surface area contributed by atoms with Gasteiger partial charge in [0.15, 0.2) is 5.78 Å². The highest BCUT2D eigenvalue weighted by Crippen LogP contribution is 2.15. The number of ketones is 1. The van der Waals surface area contributed by atoms with Crippen LogP contribution in [-0.2, 0) is 4.79 Å². The summed E-state index contributed by atoms with van der Waals surface area (Å²) >= 11 is 0. The standard InChI is InChI=1S/C16H20F2N2O2.ClH/c1-19-12-6-8-20(9-7-12)16(22)5-4-15(21)13-3-2-11(17)10-14(13)18;/h2-3,10,12,19H,4-9H2,1H3;1H. The number of likely N-dealkylation sites (tertiary alicyclic amines) is 1. The van der Waals surface area contributed by atoms with E-state index in [1.807, 2.05) is 7.05 Å². The van der Waals surface area contributed by atoms with Gasteiger partial charge in [-0.15, -0.1) is 12.4 Å². The van der Waals surface area contributed by atoms with Crippen LogP contribution in [0.2, 0.25) is 0 Å². The molecule has 1 saturated heterocycles. The summed E-state index contributed by atoms with van der Waals surface area (Å²) in [6.45, 7) is 1.34. The highest BCUT2D eigenvalue weighted by molar-refractivity contribution is 5.98. The molecule has 1 amide bonds. The van der Waals surface area contributed by atoms with Crippen LogP contribution in [0.1, 0.15) is 36.0 Å². The van der Waals surface area contributed by atoms with Crippen molar-refractivity contribution in [3.8, 4) is 0 Å². The first-order valence-electron chi connectivity index (χ1n) is 7.44. The van der Waals surface area contributed by atoms with Gasteiger partial charge in [-0.2, -0.15) is 0 Å². The molecule has 128 valence electrons. The summed E-state index contributed by atoms with van der Waals surface area (Å²) in [6.07, 6.45) is 1.78. The average molecular weight is 347 g/mol. The number of amides is 1. The molecule has 0 radical (unpaired) electrons. The summed E-state index contributed by atoms with van der Waals surface area (Å²) in [6, 6.07) is 3.27. The molecule has 0 bridgehead atoms. The van der Waals surface area contributed by atoms with E-state index < -0.39 is 17.4 Å². The molecule has 0 saturated carbocycles. The van der Waals surface area contributed by atoms with E-state index in [4.69, 9.17) is 0 Å². The Bertz CT molecular complexity index is 561. The van der Waals surface area contributed by atoms with Gasteiger partial charge in [0, 0.05) is 38.0 Å². The molecule has 4 nitrogen and oxygen atoms in total. The van der Waals surface area contributed by atoms with E-state index >= 15 is 0 Å². The van der Waals surface area contributed by atoms with Crippen LogP contribution >= 0.6 is 12.4 Å². The van der Waals surface area contributed by atoms with Crippen LogP contribution in [0.3, 0.4) is 0 Å². The van der Waals surface area contributed by atoms with Gasteiger partial charge >= 0.3 is 0 Å². The summed E-state index contributed by atoms with van der Waals surface area (Å²) in [4.78, 5) is 25.7. The first-order valence-corrected chi connectivity index (χ1v) is 7.44. The van der Waals surface area contributed by atoms with Gasteiger partial charge in [0.05, 0.1) is 5.56 Å². The zero-order chi connectivity index (χ0) is 16.1. The fourth-order valence-electron chi connectivity index (χ4n) is 2.65. The van der Waals surface area contributed by atoms with E-state index in [-0.39, 0.29) is 36.7 Å². The van der Waals surface area contributed by atoms with Crippen molar-refractivity contribution in [1.29, 1.82) is 0 Å². The van der Waals surface area contributed by atoms with Crippen LogP contribution in [0, 0.1) is 11.6 Å². The van der Waals surface area contributed by atoms with Crippen molar-refractivity contribution in [3.63, 3.8) is 0 Å². The molecule has 0 aromatic heterocycles. The van der Waals surface area contributed by atoms with E-state index in [2.05, 4.69) is 5.32 Å². The smallest absolute Gasteiger partial charge is 0.223 e. The van der Waals surface area contributed by atoms with Gasteiger partial charge in [-0.05, 0) is 32.0 Å². The summed E-state index contributed by atoms with van der Waals surface area (Å²) in [5.41, 5.74) is -0.164. The molecule has 1 heterocycles. The Kier molecular flexibility index (Phi) is 7.58. The summed E-state index contributed by atoms with van der Waals surface area (Å²) < 4.78 is 26.3. The Labute approximate surface area is 140 Å². The van der Waals surface area contributed by atoms with Crippen molar-refractivity contribution in [2.24, 2.45) is 0 Å². The fourth-order valence-corrected chi connectivity index (χ4v) is 2.65. The van der Waals surface area contributed by atoms with Gasteiger partial charge < -0.3 is 10.2 Å². The number of Topliss-reactive ketones (excluding diaryl/α,β-unsaturated/α-hetero) is 1. The lowest BCUT2D eigenvalue weighted by atomic mass is 10.0. The highest BCUT2D eigenvalue weighted by Gasteiger charge is 2.22. The van der Waals surface area contributed by atoms with E-state index in [0.29, 0.717) is 25.2 Å². The summed E-state index contributed by atoms with van der Waals surface area (Å²) in [5, 5.41) is 3.18. The number of halogens is 3. The quantitative estimate of drug-likeness (QED) is 0.834. The van der Waals surface area contributed by atoms with Crippen LogP contribution in [0.4, 0.5) is 8.78 Å². The molecule has 1 aromatic rings. The number of rotatable bonds is 5. The maximum Gasteiger partial charge on any atom is 0.223 e. The van der Waals surface area contributed by atoms with Crippen LogP contribution in [0.25, 0.3) is 0 Å². The molecular weight excluding hydrogens is 326 g/mol. The van der Waals surface area contributed by atoms with Crippen molar-refractivity contribution < 1.29 is 18.4 Å². The molecule has 7 heteroatoms. The third kappa shape index (κ3) is 5.25. The maximum absolute atomic E-state index is 13.5. The first-order chi connectivity index (χ1) is 10.5. The van der Waals surface area contributed by atoms with Crippen molar-refractivity contribution >= 4 is 24.1 Å². The van der Waals surface area contributed by atoms with Crippen LogP contribution in [0.5, 0.6) is 0 Å². The SMILES string of the molecule is CNC1CCN(C(=O)CCC(=O)c2ccc(F)cc2F)CC1.Cl. The van der Waals surface area contributed by atoms with Crippen molar-refractivity contribution in [2.75, 3.05) is 20.1 Å². The lowest BCUT2D eigenvalue weighted by Crippen LogP contribution is -2.44. The third-order valence-corrected chi connectivity index (χ3v) is 4.05.